The summed E-state index contributed by atoms with van der Waals surface area (Å²) in [6.45, 7) is 15.5. The van der Waals surface area contributed by atoms with Gasteiger partial charge in [-0.1, -0.05) is 25.0 Å². The van der Waals surface area contributed by atoms with Gasteiger partial charge in [0.15, 0.2) is 0 Å². The quantitative estimate of drug-likeness (QED) is 0.535. The van der Waals surface area contributed by atoms with Crippen molar-refractivity contribution in [1.82, 2.24) is 0 Å². The maximum absolute atomic E-state index is 2.25. The highest BCUT2D eigenvalue weighted by Crippen LogP contribution is 2.21. The van der Waals surface area contributed by atoms with Crippen LogP contribution in [0.3, 0.4) is 0 Å². The zero-order valence-corrected chi connectivity index (χ0v) is 9.58. The monoisotopic (exact) mass is 166 g/mol. The van der Waals surface area contributed by atoms with Crippen molar-refractivity contribution < 1.29 is 0 Å². The van der Waals surface area contributed by atoms with Crippen molar-refractivity contribution in [3.63, 3.8) is 0 Å². The maximum atomic E-state index is 2.25. The first-order valence-electron chi connectivity index (χ1n) is 4.69. The van der Waals surface area contributed by atoms with Gasteiger partial charge in [0.2, 0.25) is 0 Å². The molecule has 0 aliphatic carbocycles. The fourth-order valence-corrected chi connectivity index (χ4v) is 1.10. The predicted octanol–water partition coefficient (Wildman–Crippen LogP) is 4.34. The summed E-state index contributed by atoms with van der Waals surface area (Å²) in [5, 5.41) is 0. The average Bonchev–Trinajstić information content (AvgIpc) is 2.00. The average molecular weight is 166 g/mol. The molecule has 70 valence electrons. The van der Waals surface area contributed by atoms with E-state index in [4.69, 9.17) is 0 Å². The minimum absolute atomic E-state index is 0.666. The highest BCUT2D eigenvalue weighted by Gasteiger charge is 2.03. The molecule has 0 atom stereocenters. The normalized spacial score (nSPS) is 13.0. The van der Waals surface area contributed by atoms with E-state index in [0.717, 1.165) is 0 Å². The molecule has 0 unspecified atom stereocenters. The third-order valence-corrected chi connectivity index (χ3v) is 2.77. The second-order valence-corrected chi connectivity index (χ2v) is 4.09. The van der Waals surface area contributed by atoms with E-state index in [-0.39, 0.29) is 0 Å². The molecule has 12 heavy (non-hydrogen) atoms. The van der Waals surface area contributed by atoms with Crippen LogP contribution >= 0.6 is 0 Å². The molecule has 0 radical (unpaired) electrons. The lowest BCUT2D eigenvalue weighted by molar-refractivity contribution is 0.757. The Labute approximate surface area is 77.4 Å². The number of hydrogen-bond acceptors (Lipinski definition) is 0. The molecule has 0 nitrogen and oxygen atoms in total. The molecule has 0 aromatic heterocycles. The van der Waals surface area contributed by atoms with Gasteiger partial charge in [0.05, 0.1) is 0 Å². The Kier molecular flexibility index (Phi) is 4.30. The summed E-state index contributed by atoms with van der Waals surface area (Å²) in [4.78, 5) is 0. The molecule has 0 spiro atoms. The van der Waals surface area contributed by atoms with Crippen LogP contribution in [0.4, 0.5) is 0 Å². The third-order valence-electron chi connectivity index (χ3n) is 2.77. The van der Waals surface area contributed by atoms with Gasteiger partial charge in [-0.3, -0.25) is 0 Å². The fourth-order valence-electron chi connectivity index (χ4n) is 1.10. The first-order chi connectivity index (χ1) is 5.37. The smallest absolute Gasteiger partial charge is 0.0257 e. The van der Waals surface area contributed by atoms with Crippen molar-refractivity contribution in [3.05, 3.63) is 22.3 Å². The first kappa shape index (κ1) is 11.5. The Morgan fingerprint density at radius 1 is 0.750 bits per heavy atom. The third kappa shape index (κ3) is 2.84. The molecule has 0 heterocycles. The SMILES string of the molecule is CC(C)=C(C)/C(C)=C(/C)C(C)C. The van der Waals surface area contributed by atoms with Crippen molar-refractivity contribution in [3.8, 4) is 0 Å². The minimum atomic E-state index is 0.666. The maximum Gasteiger partial charge on any atom is -0.0257 e. The van der Waals surface area contributed by atoms with Crippen LogP contribution in [0.1, 0.15) is 48.5 Å². The zero-order chi connectivity index (χ0) is 9.89. The molecule has 0 aliphatic heterocycles. The van der Waals surface area contributed by atoms with Crippen LogP contribution in [-0.2, 0) is 0 Å². The molecule has 0 N–H and O–H groups in total. The van der Waals surface area contributed by atoms with Crippen LogP contribution in [-0.4, -0.2) is 0 Å². The minimum Gasteiger partial charge on any atom is -0.0732 e. The van der Waals surface area contributed by atoms with Gasteiger partial charge in [-0.25, -0.2) is 0 Å². The topological polar surface area (TPSA) is 0 Å². The van der Waals surface area contributed by atoms with Crippen molar-refractivity contribution in [2.45, 2.75) is 48.5 Å². The largest absolute Gasteiger partial charge is 0.0732 e. The van der Waals surface area contributed by atoms with Gasteiger partial charge in [-0.15, -0.1) is 0 Å². The highest BCUT2D eigenvalue weighted by molar-refractivity contribution is 5.34. The van der Waals surface area contributed by atoms with E-state index < -0.39 is 0 Å². The van der Waals surface area contributed by atoms with E-state index in [0.29, 0.717) is 5.92 Å². The lowest BCUT2D eigenvalue weighted by Gasteiger charge is -2.12. The van der Waals surface area contributed by atoms with Gasteiger partial charge in [0.1, 0.15) is 0 Å². The number of hydrogen-bond donors (Lipinski definition) is 0. The predicted molar refractivity (Wildman–Crippen MR) is 57.3 cm³/mol. The van der Waals surface area contributed by atoms with E-state index >= 15 is 0 Å². The van der Waals surface area contributed by atoms with Gasteiger partial charge in [0.25, 0.3) is 0 Å². The van der Waals surface area contributed by atoms with Crippen LogP contribution < -0.4 is 0 Å². The van der Waals surface area contributed by atoms with E-state index in [2.05, 4.69) is 48.5 Å². The molecule has 0 rings (SSSR count). The number of allylic oxidation sites excluding steroid dienone is 4. The van der Waals surface area contributed by atoms with Crippen LogP contribution in [0, 0.1) is 5.92 Å². The summed E-state index contributed by atoms with van der Waals surface area (Å²) in [5.74, 6) is 0.666. The van der Waals surface area contributed by atoms with Crippen molar-refractivity contribution in [1.29, 1.82) is 0 Å². The summed E-state index contributed by atoms with van der Waals surface area (Å²) in [6.07, 6.45) is 0. The van der Waals surface area contributed by atoms with Crippen LogP contribution in [0.5, 0.6) is 0 Å². The van der Waals surface area contributed by atoms with E-state index in [1.54, 1.807) is 0 Å². The van der Waals surface area contributed by atoms with Crippen molar-refractivity contribution in [2.24, 2.45) is 5.92 Å². The molecular formula is C12H22. The molecule has 0 saturated carbocycles. The molecule has 0 aliphatic rings. The summed E-state index contributed by atoms with van der Waals surface area (Å²) >= 11 is 0. The highest BCUT2D eigenvalue weighted by atomic mass is 14.1. The molecule has 0 fully saturated rings. The van der Waals surface area contributed by atoms with E-state index in [1.165, 1.54) is 22.3 Å². The molecule has 0 aromatic carbocycles. The Balaban J connectivity index is 4.93. The van der Waals surface area contributed by atoms with Gasteiger partial charge in [-0.05, 0) is 51.7 Å². The van der Waals surface area contributed by atoms with Gasteiger partial charge < -0.3 is 0 Å². The standard InChI is InChI=1S/C12H22/c1-8(2)10(5)12(7)11(6)9(3)4/h8H,1-7H3/b12-10-. The van der Waals surface area contributed by atoms with E-state index in [1.807, 2.05) is 0 Å². The molecule has 0 saturated heterocycles. The van der Waals surface area contributed by atoms with Gasteiger partial charge >= 0.3 is 0 Å². The summed E-state index contributed by atoms with van der Waals surface area (Å²) < 4.78 is 0. The van der Waals surface area contributed by atoms with Crippen LogP contribution in [0.2, 0.25) is 0 Å². The Morgan fingerprint density at radius 2 is 1.17 bits per heavy atom. The summed E-state index contributed by atoms with van der Waals surface area (Å²) in [5.41, 5.74) is 5.84. The summed E-state index contributed by atoms with van der Waals surface area (Å²) in [6, 6.07) is 0. The molecule has 0 aromatic rings. The van der Waals surface area contributed by atoms with Crippen molar-refractivity contribution in [2.75, 3.05) is 0 Å². The fraction of sp³-hybridized carbons (Fsp3) is 0.667. The second-order valence-electron chi connectivity index (χ2n) is 4.09. The summed E-state index contributed by atoms with van der Waals surface area (Å²) in [7, 11) is 0. The number of rotatable bonds is 2. The Morgan fingerprint density at radius 3 is 1.42 bits per heavy atom. The Bertz CT molecular complexity index is 210. The van der Waals surface area contributed by atoms with Crippen LogP contribution in [0.15, 0.2) is 22.3 Å². The van der Waals surface area contributed by atoms with Crippen molar-refractivity contribution >= 4 is 0 Å². The Hall–Kier alpha value is -0.520. The molecule has 0 bridgehead atoms. The molecule has 0 amide bonds. The second kappa shape index (κ2) is 4.49. The van der Waals surface area contributed by atoms with Crippen LogP contribution in [0.25, 0.3) is 0 Å². The lowest BCUT2D eigenvalue weighted by atomic mass is 9.94. The molecular weight excluding hydrogens is 144 g/mol. The lowest BCUT2D eigenvalue weighted by Crippen LogP contribution is -1.95. The van der Waals surface area contributed by atoms with Gasteiger partial charge in [0, 0.05) is 0 Å². The van der Waals surface area contributed by atoms with E-state index in [9.17, 15) is 0 Å². The van der Waals surface area contributed by atoms with Gasteiger partial charge in [-0.2, -0.15) is 0 Å². The molecule has 0 heteroatoms. The zero-order valence-electron chi connectivity index (χ0n) is 9.58. The first-order valence-corrected chi connectivity index (χ1v) is 4.69.